The molecule has 9 rings (SSSR count). The summed E-state index contributed by atoms with van der Waals surface area (Å²) in [5, 5.41) is 62.9. The third kappa shape index (κ3) is 30.7. The summed E-state index contributed by atoms with van der Waals surface area (Å²) in [6, 6.07) is 18.5. The minimum absolute atomic E-state index is 0.0223. The number of fused-ring (bicyclic) bond motifs is 1. The van der Waals surface area contributed by atoms with E-state index in [2.05, 4.69) is 47.5 Å². The number of carbonyl (C=O) groups is 16. The number of carboxylic acid groups (broad SMARTS) is 1. The molecule has 42 heteroatoms. The van der Waals surface area contributed by atoms with Gasteiger partial charge in [-0.3, -0.25) is 77.2 Å². The van der Waals surface area contributed by atoms with Gasteiger partial charge in [-0.2, -0.15) is 0 Å². The number of carbonyl (C=O) groups excluding carboxylic acids is 15. The first kappa shape index (κ1) is 108. The van der Waals surface area contributed by atoms with Gasteiger partial charge in [0.1, 0.15) is 66.1 Å². The number of ketones is 1. The van der Waals surface area contributed by atoms with Gasteiger partial charge < -0.3 is 113 Å². The number of methoxy groups -OCH3 is 1. The van der Waals surface area contributed by atoms with E-state index >= 15 is 37.5 Å². The highest BCUT2D eigenvalue weighted by Gasteiger charge is 2.47. The average molecular weight is 1940 g/mol. The number of aromatic nitrogens is 1. The van der Waals surface area contributed by atoms with Crippen LogP contribution in [0.3, 0.4) is 0 Å². The molecule has 2 saturated heterocycles. The van der Waals surface area contributed by atoms with E-state index < -0.39 is 235 Å². The summed E-state index contributed by atoms with van der Waals surface area (Å²) < 4.78 is 55.8. The number of aliphatic hydroxyl groups excluding tert-OH is 1. The fraction of sp³-hybridized carbons (Fsp3) is 0.438. The molecule has 0 saturated carbocycles. The van der Waals surface area contributed by atoms with Crippen molar-refractivity contribution in [2.75, 3.05) is 79.2 Å². The Kier molecular flexibility index (Phi) is 40.7. The van der Waals surface area contributed by atoms with E-state index in [1.807, 2.05) is 0 Å². The zero-order chi connectivity index (χ0) is 101. The third-order valence-corrected chi connectivity index (χ3v) is 24.8. The average Bonchev–Trinajstić information content (AvgIpc) is 1.58. The van der Waals surface area contributed by atoms with Crippen molar-refractivity contribution in [2.24, 2.45) is 17.4 Å². The van der Waals surface area contributed by atoms with Gasteiger partial charge in [-0.05, 0) is 107 Å². The molecule has 3 heterocycles. The quantitative estimate of drug-likeness (QED) is 0.0187. The van der Waals surface area contributed by atoms with Crippen molar-refractivity contribution in [2.45, 2.75) is 183 Å². The Bertz CT molecular complexity index is 5420. The van der Waals surface area contributed by atoms with Gasteiger partial charge in [0.2, 0.25) is 77.1 Å². The molecule has 138 heavy (non-hydrogen) atoms. The number of β-amino-alcohol motifs (C(OH)–C–C–N with tert-alkyl or cyclic N) is 1. The third-order valence-electron chi connectivity index (χ3n) is 23.8. The predicted octanol–water partition coefficient (Wildman–Crippen LogP) is 1.03. The molecule has 38 nitrogen and oxygen atoms in total. The summed E-state index contributed by atoms with van der Waals surface area (Å²) in [5.74, 6) is -21.4. The van der Waals surface area contributed by atoms with Crippen molar-refractivity contribution in [3.63, 3.8) is 0 Å². The molecule has 14 atom stereocenters. The van der Waals surface area contributed by atoms with Crippen LogP contribution in [-0.4, -0.2) is 309 Å². The number of phenolic OH excluding ortho intramolecular Hbond substituents is 2. The van der Waals surface area contributed by atoms with E-state index in [9.17, 15) is 72.8 Å². The number of aliphatic carboxylic acids is 1. The summed E-state index contributed by atoms with van der Waals surface area (Å²) in [4.78, 5) is 237. The number of carboxylic acids is 1. The highest BCUT2D eigenvalue weighted by Crippen LogP contribution is 2.28. The lowest BCUT2D eigenvalue weighted by Crippen LogP contribution is -2.60. The number of likely N-dealkylation sites (tertiary alicyclic amines) is 1. The molecular formula is C96H119F3N16O22S. The number of hydrogen-bond donors (Lipinski definition) is 15. The summed E-state index contributed by atoms with van der Waals surface area (Å²) >= 11 is 0.637. The first-order chi connectivity index (χ1) is 65.8. The number of unbranched alkanes of at least 4 members (excludes halogenated alkanes) is 1. The molecule has 2 fully saturated rings. The number of ether oxygens (including phenoxy) is 2. The van der Waals surface area contributed by atoms with Crippen LogP contribution in [-0.2, 0) is 125 Å². The van der Waals surface area contributed by atoms with Crippen LogP contribution < -0.4 is 54.0 Å². The SMILES string of the molecule is CCCC[C@@H](C(=O)N1CCO[C@@H]1C(=O)N[C@H](C=O)CC(=O)O)N(C)C(=O)[C@H](Cc1ccccc1)N(C)C(=O)[C@H](Cc1cc(F)c(F)c(F)c1)NC(=O)CSC[C@H](NC(=O)[C@H](CCOC)NC(=O)[C@H](Cc1ccc(O)cc1)NC(=O)[C@H](Cc1c[nH]c2ccccc12)NC(=O)[C@H]1C[C@@H](O)CN1C(=O)[C@H](Cc1ccc(O)cc1)NCC(=O)[C@H](Cc1ccccc1)N(C)C(=O)[C@@H](N)C(C)C)C(=O)NCC(N)=O. The Morgan fingerprint density at radius 1 is 0.594 bits per heavy atom. The molecule has 13 amide bonds. The van der Waals surface area contributed by atoms with Gasteiger partial charge in [-0.15, -0.1) is 11.8 Å². The summed E-state index contributed by atoms with van der Waals surface area (Å²) in [6.07, 6.45) is -3.78. The van der Waals surface area contributed by atoms with Gasteiger partial charge in [0, 0.05) is 103 Å². The van der Waals surface area contributed by atoms with Gasteiger partial charge in [0.25, 0.3) is 5.91 Å². The Hall–Kier alpha value is -13.7. The lowest BCUT2D eigenvalue weighted by molar-refractivity contribution is -0.156. The largest absolute Gasteiger partial charge is 0.508 e. The number of H-pyrrole nitrogens is 1. The zero-order valence-electron chi connectivity index (χ0n) is 77.4. The van der Waals surface area contributed by atoms with Crippen LogP contribution in [0.25, 0.3) is 10.9 Å². The first-order valence-electron chi connectivity index (χ1n) is 44.9. The number of nitrogens with one attached hydrogen (secondary N) is 9. The van der Waals surface area contributed by atoms with Crippen molar-refractivity contribution in [1.82, 2.24) is 72.0 Å². The number of Topliss-reactive ketones (excluding diaryl/α,β-unsaturated/α-hetero) is 1. The monoisotopic (exact) mass is 1940 g/mol. The number of nitrogens with zero attached hydrogens (tertiary/aromatic N) is 5. The normalized spacial score (nSPS) is 16.5. The number of para-hydroxylation sites is 1. The number of nitrogens with two attached hydrogens (primary N) is 2. The smallest absolute Gasteiger partial charge is 0.305 e. The molecule has 7 aromatic rings. The minimum Gasteiger partial charge on any atom is -0.508 e. The summed E-state index contributed by atoms with van der Waals surface area (Å²) in [5.41, 5.74) is 14.5. The van der Waals surface area contributed by atoms with Gasteiger partial charge in [-0.1, -0.05) is 137 Å². The number of phenols is 2. The highest BCUT2D eigenvalue weighted by atomic mass is 32.2. The fourth-order valence-corrected chi connectivity index (χ4v) is 16.9. The van der Waals surface area contributed by atoms with Gasteiger partial charge >= 0.3 is 5.97 Å². The lowest BCUT2D eigenvalue weighted by atomic mass is 9.97. The number of rotatable bonds is 52. The van der Waals surface area contributed by atoms with Crippen LogP contribution >= 0.6 is 11.8 Å². The number of likely N-dealkylation sites (N-methyl/N-ethyl adjacent to an activating group) is 3. The number of benzene rings is 6. The second-order valence-corrected chi connectivity index (χ2v) is 35.3. The molecule has 0 unspecified atom stereocenters. The number of aliphatic hydroxyl groups is 1. The van der Waals surface area contributed by atoms with Crippen LogP contribution in [0.15, 0.2) is 152 Å². The number of aromatic amines is 1. The molecule has 0 bridgehead atoms. The van der Waals surface area contributed by atoms with E-state index in [0.717, 1.165) is 19.6 Å². The van der Waals surface area contributed by atoms with Crippen molar-refractivity contribution in [3.8, 4) is 11.5 Å². The van der Waals surface area contributed by atoms with E-state index in [4.69, 9.17) is 20.9 Å². The van der Waals surface area contributed by atoms with E-state index in [1.54, 1.807) is 124 Å². The Morgan fingerprint density at radius 2 is 1.14 bits per heavy atom. The molecule has 0 radical (unpaired) electrons. The molecule has 2 aliphatic rings. The van der Waals surface area contributed by atoms with Crippen LogP contribution in [0.1, 0.15) is 92.7 Å². The maximum Gasteiger partial charge on any atom is 0.305 e. The van der Waals surface area contributed by atoms with Crippen LogP contribution in [0.4, 0.5) is 13.2 Å². The number of hydrogen-bond acceptors (Lipinski definition) is 24. The van der Waals surface area contributed by atoms with Crippen molar-refractivity contribution in [1.29, 1.82) is 0 Å². The number of halogens is 3. The molecule has 0 aliphatic carbocycles. The number of aromatic hydroxyl groups is 2. The highest BCUT2D eigenvalue weighted by molar-refractivity contribution is 8.00. The standard InChI is InChI=1S/C96H119F3N16O22S/c1-8-9-24-75(94(134)114-34-36-137-96(114)90(130)105-61(51-116)45-82(123)124)111(4)93(133)78(43-56-20-14-11-15-21-56)113(6)91(131)73(41-59-37-66(97)83(99)67(98)38-59)106-81(122)53-138-52-74(85(125)104-49-80(100)121)110-86(126)69(33-35-136-7)107-87(127)70(39-57-25-29-62(117)30-26-57)108-88(128)71(44-60-47-102-68-23-17-16-22-65(60)68)109-89(129)77-46-64(119)50-115(77)92(132)72(40-58-27-31-63(118)32-28-58)103-48-79(120)76(42-55-18-12-10-13-19-55)112(5)95(135)84(101)54(2)3/h10-23,25-32,37-38,47,51,54,61,64,69-78,84,96,102-103,117-119H,8-9,24,33-36,39-46,48-50,52-53,101H2,1-7H3,(H2,100,121)(H,104,125)(H,105,130)(H,106,122)(H,107,127)(H,108,128)(H,109,129)(H,110,126)(H,123,124)/t61-,64+,69-,70-,71-,72-,73-,74-,75-,76-,77+,78-,84-,96+/m0/s1. The lowest BCUT2D eigenvalue weighted by Gasteiger charge is -2.37. The van der Waals surface area contributed by atoms with Crippen LogP contribution in [0, 0.1) is 23.4 Å². The number of thioether (sulfide) groups is 1. The van der Waals surface area contributed by atoms with Gasteiger partial charge in [-0.25, -0.2) is 13.2 Å². The van der Waals surface area contributed by atoms with E-state index in [-0.39, 0.29) is 100 Å². The minimum atomic E-state index is -1.88. The molecule has 6 aromatic carbocycles. The maximum absolute atomic E-state index is 15.5. The molecule has 0 spiro atoms. The molecular weight excluding hydrogens is 1820 g/mol. The van der Waals surface area contributed by atoms with Crippen molar-refractivity contribution < 1.29 is 120 Å². The van der Waals surface area contributed by atoms with Gasteiger partial charge in [0.05, 0.1) is 62.1 Å². The number of aldehydes is 1. The maximum atomic E-state index is 15.5. The predicted molar refractivity (Wildman–Crippen MR) is 498 cm³/mol. The Labute approximate surface area is 798 Å². The Morgan fingerprint density at radius 3 is 1.72 bits per heavy atom. The molecule has 1 aromatic heterocycles. The van der Waals surface area contributed by atoms with Gasteiger partial charge in [0.15, 0.2) is 23.2 Å². The summed E-state index contributed by atoms with van der Waals surface area (Å²) in [7, 11) is 5.19. The van der Waals surface area contributed by atoms with Crippen molar-refractivity contribution in [3.05, 3.63) is 203 Å². The molecule has 742 valence electrons. The number of amides is 13. The first-order valence-corrected chi connectivity index (χ1v) is 46.1. The van der Waals surface area contributed by atoms with E-state index in [1.165, 1.54) is 69.6 Å². The fourth-order valence-electron chi connectivity index (χ4n) is 16.1. The van der Waals surface area contributed by atoms with Crippen LogP contribution in [0.2, 0.25) is 0 Å². The Balaban J connectivity index is 0.960. The second kappa shape index (κ2) is 52.0. The number of primary amides is 1. The molecule has 2 aliphatic heterocycles. The summed E-state index contributed by atoms with van der Waals surface area (Å²) in [6.45, 7) is 2.95. The second-order valence-electron chi connectivity index (χ2n) is 34.3. The topological polar surface area (TPSA) is 553 Å². The molecule has 17 N–H and O–H groups in total. The van der Waals surface area contributed by atoms with E-state index in [0.29, 0.717) is 75.5 Å². The zero-order valence-corrected chi connectivity index (χ0v) is 78.2. The van der Waals surface area contributed by atoms with Crippen molar-refractivity contribution >= 4 is 117 Å². The van der Waals surface area contributed by atoms with Crippen LogP contribution in [0.5, 0.6) is 11.5 Å².